The Hall–Kier alpha value is -2.14. The number of unbranched alkanes of at least 4 members (excludes halogenated alkanes) is 2. The molecule has 0 fully saturated rings. The number of aryl methyl sites for hydroxylation is 1. The Morgan fingerprint density at radius 1 is 1.00 bits per heavy atom. The van der Waals surface area contributed by atoms with Gasteiger partial charge in [0.25, 0.3) is 0 Å². The molecule has 0 aromatic heterocycles. The van der Waals surface area contributed by atoms with Gasteiger partial charge in [-0.1, -0.05) is 30.5 Å². The summed E-state index contributed by atoms with van der Waals surface area (Å²) in [7, 11) is 1.64. The number of carboxylic acids is 1. The van der Waals surface area contributed by atoms with Crippen LogP contribution in [0.1, 0.15) is 31.2 Å². The predicted octanol–water partition coefficient (Wildman–Crippen LogP) is 5.19. The minimum absolute atomic E-state index is 0.403. The highest BCUT2D eigenvalue weighted by atomic mass is 32.2. The van der Waals surface area contributed by atoms with Crippen LogP contribution < -0.4 is 9.47 Å². The van der Waals surface area contributed by atoms with Crippen molar-refractivity contribution in [2.24, 2.45) is 0 Å². The summed E-state index contributed by atoms with van der Waals surface area (Å²) in [5, 5.41) is 9.02. The summed E-state index contributed by atoms with van der Waals surface area (Å²) >= 11 is 1.43. The van der Waals surface area contributed by atoms with Crippen molar-refractivity contribution in [2.45, 2.75) is 42.8 Å². The summed E-state index contributed by atoms with van der Waals surface area (Å²) in [5.74, 6) is 0.886. The molecular weight excluding hydrogens is 348 g/mol. The highest BCUT2D eigenvalue weighted by Gasteiger charge is 2.18. The van der Waals surface area contributed by atoms with Crippen LogP contribution >= 0.6 is 11.8 Å². The Balaban J connectivity index is 1.65. The maximum absolute atomic E-state index is 11.5. The zero-order valence-electron chi connectivity index (χ0n) is 15.3. The van der Waals surface area contributed by atoms with E-state index in [-0.39, 0.29) is 0 Å². The summed E-state index contributed by atoms with van der Waals surface area (Å²) in [6.45, 7) is 2.66. The van der Waals surface area contributed by atoms with Crippen LogP contribution in [0.5, 0.6) is 11.5 Å². The third kappa shape index (κ3) is 7.00. The Kier molecular flexibility index (Phi) is 8.35. The molecule has 0 aliphatic carbocycles. The van der Waals surface area contributed by atoms with Crippen LogP contribution in [0.25, 0.3) is 0 Å². The van der Waals surface area contributed by atoms with Gasteiger partial charge in [0, 0.05) is 4.90 Å². The molecule has 26 heavy (non-hydrogen) atoms. The van der Waals surface area contributed by atoms with Crippen LogP contribution in [0.3, 0.4) is 0 Å². The van der Waals surface area contributed by atoms with Gasteiger partial charge in [-0.3, -0.25) is 4.79 Å². The molecule has 2 rings (SSSR count). The van der Waals surface area contributed by atoms with Gasteiger partial charge in [0.15, 0.2) is 0 Å². The van der Waals surface area contributed by atoms with Crippen LogP contribution in [0, 0.1) is 6.92 Å². The van der Waals surface area contributed by atoms with Gasteiger partial charge in [0.1, 0.15) is 16.7 Å². The first kappa shape index (κ1) is 20.2. The predicted molar refractivity (Wildman–Crippen MR) is 105 cm³/mol. The summed E-state index contributed by atoms with van der Waals surface area (Å²) in [6, 6.07) is 15.5. The zero-order chi connectivity index (χ0) is 18.8. The highest BCUT2D eigenvalue weighted by molar-refractivity contribution is 8.00. The van der Waals surface area contributed by atoms with Crippen molar-refractivity contribution >= 4 is 17.7 Å². The number of hydrogen-bond acceptors (Lipinski definition) is 4. The third-order valence-electron chi connectivity index (χ3n) is 4.01. The molecule has 140 valence electrons. The molecule has 1 atom stereocenters. The number of benzene rings is 2. The molecular formula is C21H26O4S. The van der Waals surface area contributed by atoms with E-state index in [1.165, 1.54) is 17.3 Å². The molecule has 0 saturated carbocycles. The van der Waals surface area contributed by atoms with Crippen LogP contribution in [0.2, 0.25) is 0 Å². The van der Waals surface area contributed by atoms with E-state index in [1.807, 2.05) is 55.5 Å². The number of methoxy groups -OCH3 is 1. The van der Waals surface area contributed by atoms with Crippen LogP contribution in [0.15, 0.2) is 53.4 Å². The number of aliphatic carboxylic acids is 1. The second kappa shape index (κ2) is 10.8. The van der Waals surface area contributed by atoms with Crippen molar-refractivity contribution in [1.29, 1.82) is 0 Å². The molecule has 0 aliphatic rings. The Morgan fingerprint density at radius 3 is 2.27 bits per heavy atom. The second-order valence-corrected chi connectivity index (χ2v) is 7.41. The Labute approximate surface area is 159 Å². The van der Waals surface area contributed by atoms with Crippen molar-refractivity contribution in [3.8, 4) is 11.5 Å². The van der Waals surface area contributed by atoms with Gasteiger partial charge in [0.2, 0.25) is 0 Å². The fourth-order valence-corrected chi connectivity index (χ4v) is 3.49. The molecule has 0 spiro atoms. The van der Waals surface area contributed by atoms with E-state index in [9.17, 15) is 9.90 Å². The van der Waals surface area contributed by atoms with Gasteiger partial charge in [-0.2, -0.15) is 0 Å². The lowest BCUT2D eigenvalue weighted by molar-refractivity contribution is -0.136. The minimum Gasteiger partial charge on any atom is -0.497 e. The molecule has 0 saturated heterocycles. The molecule has 0 amide bonds. The van der Waals surface area contributed by atoms with E-state index in [1.54, 1.807) is 7.11 Å². The minimum atomic E-state index is -0.745. The molecule has 0 aliphatic heterocycles. The molecule has 1 unspecified atom stereocenters. The second-order valence-electron chi connectivity index (χ2n) is 6.13. The van der Waals surface area contributed by atoms with Crippen molar-refractivity contribution in [1.82, 2.24) is 0 Å². The SMILES string of the molecule is COc1ccc(OCCCCCC(Sc2ccc(C)cc2)C(=O)O)cc1. The van der Waals surface area contributed by atoms with Gasteiger partial charge >= 0.3 is 5.97 Å². The van der Waals surface area contributed by atoms with Crippen LogP contribution in [-0.2, 0) is 4.79 Å². The smallest absolute Gasteiger partial charge is 0.316 e. The molecule has 5 heteroatoms. The van der Waals surface area contributed by atoms with Crippen molar-refractivity contribution in [2.75, 3.05) is 13.7 Å². The van der Waals surface area contributed by atoms with E-state index in [2.05, 4.69) is 0 Å². The lowest BCUT2D eigenvalue weighted by Gasteiger charge is -2.12. The number of thioether (sulfide) groups is 1. The fourth-order valence-electron chi connectivity index (χ4n) is 2.48. The highest BCUT2D eigenvalue weighted by Crippen LogP contribution is 2.27. The molecule has 4 nitrogen and oxygen atoms in total. The number of hydrogen-bond donors (Lipinski definition) is 1. The number of carbonyl (C=O) groups is 1. The molecule has 0 bridgehead atoms. The van der Waals surface area contributed by atoms with E-state index < -0.39 is 11.2 Å². The number of carboxylic acid groups (broad SMARTS) is 1. The van der Waals surface area contributed by atoms with Gasteiger partial charge in [-0.05, 0) is 56.2 Å². The fraction of sp³-hybridized carbons (Fsp3) is 0.381. The average Bonchev–Trinajstić information content (AvgIpc) is 2.65. The first-order chi connectivity index (χ1) is 12.6. The maximum atomic E-state index is 11.5. The van der Waals surface area contributed by atoms with Gasteiger partial charge < -0.3 is 14.6 Å². The van der Waals surface area contributed by atoms with Gasteiger partial charge in [-0.25, -0.2) is 0 Å². The molecule has 2 aromatic rings. The van der Waals surface area contributed by atoms with E-state index >= 15 is 0 Å². The van der Waals surface area contributed by atoms with E-state index in [0.29, 0.717) is 13.0 Å². The summed E-state index contributed by atoms with van der Waals surface area (Å²) in [4.78, 5) is 12.5. The van der Waals surface area contributed by atoms with E-state index in [4.69, 9.17) is 9.47 Å². The summed E-state index contributed by atoms with van der Waals surface area (Å²) in [6.07, 6.45) is 3.40. The van der Waals surface area contributed by atoms with Crippen molar-refractivity contribution in [3.63, 3.8) is 0 Å². The van der Waals surface area contributed by atoms with Crippen LogP contribution in [0.4, 0.5) is 0 Å². The van der Waals surface area contributed by atoms with Crippen molar-refractivity contribution < 1.29 is 19.4 Å². The largest absolute Gasteiger partial charge is 0.497 e. The first-order valence-corrected chi connectivity index (χ1v) is 9.69. The molecule has 0 radical (unpaired) electrons. The molecule has 2 aromatic carbocycles. The van der Waals surface area contributed by atoms with Gasteiger partial charge in [-0.15, -0.1) is 11.8 Å². The standard InChI is InChI=1S/C21H26O4S/c1-16-7-13-19(14-8-16)26-20(21(22)23)6-4-3-5-15-25-18-11-9-17(24-2)10-12-18/h7-14,20H,3-6,15H2,1-2H3,(H,22,23). The maximum Gasteiger partial charge on any atom is 0.316 e. The average molecular weight is 375 g/mol. The lowest BCUT2D eigenvalue weighted by atomic mass is 10.1. The molecule has 1 N–H and O–H groups in total. The first-order valence-electron chi connectivity index (χ1n) is 8.81. The zero-order valence-corrected chi connectivity index (χ0v) is 16.1. The Morgan fingerprint density at radius 2 is 1.65 bits per heavy atom. The summed E-state index contributed by atoms with van der Waals surface area (Å²) in [5.41, 5.74) is 1.18. The quantitative estimate of drug-likeness (QED) is 0.433. The van der Waals surface area contributed by atoms with Gasteiger partial charge in [0.05, 0.1) is 13.7 Å². The van der Waals surface area contributed by atoms with E-state index in [0.717, 1.165) is 35.7 Å². The topological polar surface area (TPSA) is 55.8 Å². The number of ether oxygens (including phenoxy) is 2. The monoisotopic (exact) mass is 374 g/mol. The molecule has 0 heterocycles. The summed E-state index contributed by atoms with van der Waals surface area (Å²) < 4.78 is 10.8. The van der Waals surface area contributed by atoms with Crippen molar-refractivity contribution in [3.05, 3.63) is 54.1 Å². The normalized spacial score (nSPS) is 11.8. The lowest BCUT2D eigenvalue weighted by Crippen LogP contribution is -2.16. The third-order valence-corrected chi connectivity index (χ3v) is 5.28. The number of rotatable bonds is 11. The van der Waals surface area contributed by atoms with Crippen LogP contribution in [-0.4, -0.2) is 30.0 Å². The Bertz CT molecular complexity index is 667.